The minimum absolute atomic E-state index is 0.0542. The summed E-state index contributed by atoms with van der Waals surface area (Å²) in [5.41, 5.74) is 4.96. The highest BCUT2D eigenvalue weighted by Gasteiger charge is 2.28. The van der Waals surface area contributed by atoms with Crippen LogP contribution in [0.4, 0.5) is 11.4 Å². The molecule has 29 heavy (non-hydrogen) atoms. The van der Waals surface area contributed by atoms with Gasteiger partial charge in [-0.05, 0) is 62.9 Å². The van der Waals surface area contributed by atoms with Crippen molar-refractivity contribution in [1.82, 2.24) is 15.0 Å². The number of hydrogen-bond donors (Lipinski definition) is 1. The van der Waals surface area contributed by atoms with E-state index in [1.54, 1.807) is 0 Å². The molecule has 1 N–H and O–H groups in total. The van der Waals surface area contributed by atoms with Gasteiger partial charge in [0.15, 0.2) is 5.82 Å². The SMILES string of the molecule is Cc1noc(C2CCN(C(=O)c3ccccc3Nc3cccc(C)c3C)CC2)n1. The highest BCUT2D eigenvalue weighted by Crippen LogP contribution is 2.30. The van der Waals surface area contributed by atoms with E-state index in [2.05, 4.69) is 35.4 Å². The van der Waals surface area contributed by atoms with Crippen LogP contribution in [0.15, 0.2) is 47.0 Å². The van der Waals surface area contributed by atoms with Crippen LogP contribution in [0.25, 0.3) is 0 Å². The van der Waals surface area contributed by atoms with Crippen molar-refractivity contribution in [3.63, 3.8) is 0 Å². The van der Waals surface area contributed by atoms with Gasteiger partial charge in [0.1, 0.15) is 0 Å². The van der Waals surface area contributed by atoms with Gasteiger partial charge in [0, 0.05) is 24.7 Å². The molecule has 6 heteroatoms. The summed E-state index contributed by atoms with van der Waals surface area (Å²) in [6, 6.07) is 13.9. The number of anilines is 2. The van der Waals surface area contributed by atoms with Crippen molar-refractivity contribution in [1.29, 1.82) is 0 Å². The van der Waals surface area contributed by atoms with Crippen LogP contribution in [0.1, 0.15) is 52.0 Å². The second-order valence-electron chi connectivity index (χ2n) is 7.66. The van der Waals surface area contributed by atoms with Crippen molar-refractivity contribution in [2.45, 2.75) is 39.5 Å². The molecular weight excluding hydrogens is 364 g/mol. The first-order valence-corrected chi connectivity index (χ1v) is 10.0. The normalized spacial score (nSPS) is 14.8. The van der Waals surface area contributed by atoms with Gasteiger partial charge in [0.05, 0.1) is 11.3 Å². The van der Waals surface area contributed by atoms with E-state index in [1.807, 2.05) is 48.2 Å². The summed E-state index contributed by atoms with van der Waals surface area (Å²) in [7, 11) is 0. The van der Waals surface area contributed by atoms with Crippen molar-refractivity contribution in [3.05, 3.63) is 70.9 Å². The maximum absolute atomic E-state index is 13.2. The Morgan fingerprint density at radius 3 is 2.48 bits per heavy atom. The molecule has 2 aromatic carbocycles. The highest BCUT2D eigenvalue weighted by atomic mass is 16.5. The van der Waals surface area contributed by atoms with Gasteiger partial charge in [-0.25, -0.2) is 0 Å². The van der Waals surface area contributed by atoms with Crippen LogP contribution < -0.4 is 5.32 Å². The predicted octanol–water partition coefficient (Wildman–Crippen LogP) is 4.76. The van der Waals surface area contributed by atoms with Crippen molar-refractivity contribution in [2.75, 3.05) is 18.4 Å². The topological polar surface area (TPSA) is 71.3 Å². The molecule has 1 fully saturated rings. The number of benzene rings is 2. The van der Waals surface area contributed by atoms with Gasteiger partial charge in [-0.1, -0.05) is 29.4 Å². The molecule has 0 bridgehead atoms. The number of nitrogens with one attached hydrogen (secondary N) is 1. The molecule has 0 saturated carbocycles. The predicted molar refractivity (Wildman–Crippen MR) is 113 cm³/mol. The Morgan fingerprint density at radius 1 is 1.03 bits per heavy atom. The largest absolute Gasteiger partial charge is 0.355 e. The Hall–Kier alpha value is -3.15. The Bertz CT molecular complexity index is 1020. The Kier molecular flexibility index (Phi) is 5.34. The molecule has 1 amide bonds. The van der Waals surface area contributed by atoms with Crippen LogP contribution in [-0.4, -0.2) is 34.0 Å². The lowest BCUT2D eigenvalue weighted by Crippen LogP contribution is -2.38. The fourth-order valence-electron chi connectivity index (χ4n) is 3.79. The van der Waals surface area contributed by atoms with Crippen LogP contribution in [-0.2, 0) is 0 Å². The Balaban J connectivity index is 1.49. The average Bonchev–Trinajstić information content (AvgIpc) is 3.18. The molecule has 0 unspecified atom stereocenters. The molecule has 0 spiro atoms. The van der Waals surface area contributed by atoms with Gasteiger partial charge in [-0.15, -0.1) is 0 Å². The van der Waals surface area contributed by atoms with E-state index in [1.165, 1.54) is 11.1 Å². The maximum Gasteiger partial charge on any atom is 0.255 e. The summed E-state index contributed by atoms with van der Waals surface area (Å²) < 4.78 is 5.32. The summed E-state index contributed by atoms with van der Waals surface area (Å²) in [6.45, 7) is 7.37. The lowest BCUT2D eigenvalue weighted by Gasteiger charge is -2.31. The monoisotopic (exact) mass is 390 g/mol. The zero-order valence-electron chi connectivity index (χ0n) is 17.1. The first-order chi connectivity index (χ1) is 14.0. The second kappa shape index (κ2) is 8.07. The molecule has 1 aromatic heterocycles. The molecule has 0 radical (unpaired) electrons. The highest BCUT2D eigenvalue weighted by molar-refractivity contribution is 6.00. The van der Waals surface area contributed by atoms with Crippen LogP contribution >= 0.6 is 0 Å². The molecule has 6 nitrogen and oxygen atoms in total. The molecule has 1 aliphatic rings. The number of amides is 1. The summed E-state index contributed by atoms with van der Waals surface area (Å²) in [5, 5.41) is 7.34. The first-order valence-electron chi connectivity index (χ1n) is 10.0. The number of carbonyl (C=O) groups excluding carboxylic acids is 1. The van der Waals surface area contributed by atoms with Crippen LogP contribution in [0.5, 0.6) is 0 Å². The fourth-order valence-corrected chi connectivity index (χ4v) is 3.79. The summed E-state index contributed by atoms with van der Waals surface area (Å²) in [4.78, 5) is 19.5. The van der Waals surface area contributed by atoms with E-state index in [0.717, 1.165) is 24.2 Å². The minimum atomic E-state index is 0.0542. The van der Waals surface area contributed by atoms with Crippen LogP contribution in [0.3, 0.4) is 0 Å². The molecular formula is C23H26N4O2. The molecule has 0 atom stereocenters. The van der Waals surface area contributed by atoms with Crippen molar-refractivity contribution in [3.8, 4) is 0 Å². The van der Waals surface area contributed by atoms with Crippen LogP contribution in [0.2, 0.25) is 0 Å². The van der Waals surface area contributed by atoms with Crippen molar-refractivity contribution >= 4 is 17.3 Å². The summed E-state index contributed by atoms with van der Waals surface area (Å²) in [6.07, 6.45) is 1.67. The number of aromatic nitrogens is 2. The number of likely N-dealkylation sites (tertiary alicyclic amines) is 1. The number of piperidine rings is 1. The Labute approximate surface area is 170 Å². The standard InChI is InChI=1S/C23H26N4O2/c1-15-7-6-10-20(16(15)2)25-21-9-5-4-8-19(21)23(28)27-13-11-18(12-14-27)22-24-17(3)26-29-22/h4-10,18,25H,11-14H2,1-3H3. The van der Waals surface area contributed by atoms with E-state index < -0.39 is 0 Å². The quantitative estimate of drug-likeness (QED) is 0.695. The smallest absolute Gasteiger partial charge is 0.255 e. The van der Waals surface area contributed by atoms with E-state index in [-0.39, 0.29) is 11.8 Å². The van der Waals surface area contributed by atoms with Gasteiger partial charge in [-0.2, -0.15) is 4.98 Å². The lowest BCUT2D eigenvalue weighted by atomic mass is 9.96. The second-order valence-corrected chi connectivity index (χ2v) is 7.66. The first kappa shape index (κ1) is 19.2. The van der Waals surface area contributed by atoms with E-state index >= 15 is 0 Å². The number of aryl methyl sites for hydroxylation is 2. The number of carbonyl (C=O) groups is 1. The van der Waals surface area contributed by atoms with E-state index in [0.29, 0.717) is 30.4 Å². The lowest BCUT2D eigenvalue weighted by molar-refractivity contribution is 0.0705. The number of para-hydroxylation sites is 1. The number of nitrogens with zero attached hydrogens (tertiary/aromatic N) is 3. The molecule has 3 aromatic rings. The number of hydrogen-bond acceptors (Lipinski definition) is 5. The van der Waals surface area contributed by atoms with Gasteiger partial charge in [-0.3, -0.25) is 4.79 Å². The van der Waals surface area contributed by atoms with Crippen LogP contribution in [0, 0.1) is 20.8 Å². The molecule has 150 valence electrons. The number of rotatable bonds is 4. The van der Waals surface area contributed by atoms with Gasteiger partial charge in [0.2, 0.25) is 5.89 Å². The fraction of sp³-hybridized carbons (Fsp3) is 0.348. The summed E-state index contributed by atoms with van der Waals surface area (Å²) in [5.74, 6) is 1.62. The Morgan fingerprint density at radius 2 is 1.76 bits per heavy atom. The zero-order valence-corrected chi connectivity index (χ0v) is 17.1. The minimum Gasteiger partial charge on any atom is -0.355 e. The third-order valence-corrected chi connectivity index (χ3v) is 5.71. The molecule has 2 heterocycles. The van der Waals surface area contributed by atoms with Gasteiger partial charge in [0.25, 0.3) is 5.91 Å². The summed E-state index contributed by atoms with van der Waals surface area (Å²) >= 11 is 0. The molecule has 1 saturated heterocycles. The van der Waals surface area contributed by atoms with E-state index in [9.17, 15) is 4.79 Å². The zero-order chi connectivity index (χ0) is 20.4. The molecule has 1 aliphatic heterocycles. The van der Waals surface area contributed by atoms with Gasteiger partial charge < -0.3 is 14.7 Å². The van der Waals surface area contributed by atoms with E-state index in [4.69, 9.17) is 4.52 Å². The molecule has 0 aliphatic carbocycles. The van der Waals surface area contributed by atoms with Crippen molar-refractivity contribution in [2.24, 2.45) is 0 Å². The third kappa shape index (κ3) is 4.01. The average molecular weight is 390 g/mol. The van der Waals surface area contributed by atoms with Crippen molar-refractivity contribution < 1.29 is 9.32 Å². The molecule has 4 rings (SSSR count). The van der Waals surface area contributed by atoms with Gasteiger partial charge >= 0.3 is 0 Å². The third-order valence-electron chi connectivity index (χ3n) is 5.71. The maximum atomic E-state index is 13.2.